The van der Waals surface area contributed by atoms with Crippen molar-refractivity contribution in [3.05, 3.63) is 57.6 Å². The Labute approximate surface area is 379 Å². The van der Waals surface area contributed by atoms with Gasteiger partial charge in [-0.05, 0) is 48.2 Å². The second kappa shape index (κ2) is 21.4. The van der Waals surface area contributed by atoms with Crippen LogP contribution in [0.3, 0.4) is 0 Å². The van der Waals surface area contributed by atoms with Crippen molar-refractivity contribution < 1.29 is 52.9 Å². The standard InChI is InChI=1S/C19H23ClN4O4.C14H20ClN3.C9H8N2O7/c20-15-3-2-14(16(12-15)22-6-1-7-22)13-21-8-10-23(11-9-21)19(27)28-24-17(25)4-5-18(24)26;15-13-3-2-12(11-17-8-4-16-5-9-17)14(10-13)18-6-1-7-18;12-5-1-2-6(13)10(5)17-9(16)18-11-7(14)3-4-8(11)15/h2-3,12H,1,4-11,13H2;2-3,10,16H,1,4-9,11H2;1-4H2. The minimum atomic E-state index is -1.48. The van der Waals surface area contributed by atoms with Crippen LogP contribution in [0.2, 0.25) is 10.0 Å². The highest BCUT2D eigenvalue weighted by atomic mass is 35.5. The number of halogens is 2. The molecule has 7 aliphatic heterocycles. The quantitative estimate of drug-likeness (QED) is 0.359. The lowest BCUT2D eigenvalue weighted by Gasteiger charge is -2.37. The Hall–Kier alpha value is -5.54. The van der Waals surface area contributed by atoms with E-state index in [1.165, 1.54) is 53.3 Å². The van der Waals surface area contributed by atoms with Crippen LogP contribution in [0, 0.1) is 0 Å². The number of nitrogens with one attached hydrogen (secondary N) is 1. The Balaban J connectivity index is 0.000000150. The first-order valence-corrected chi connectivity index (χ1v) is 22.2. The van der Waals surface area contributed by atoms with Gasteiger partial charge < -0.3 is 24.9 Å². The molecule has 7 fully saturated rings. The van der Waals surface area contributed by atoms with E-state index >= 15 is 0 Å². The highest BCUT2D eigenvalue weighted by molar-refractivity contribution is 6.31. The van der Waals surface area contributed by atoms with Gasteiger partial charge in [-0.2, -0.15) is 4.79 Å². The summed E-state index contributed by atoms with van der Waals surface area (Å²) in [7, 11) is 0. The molecule has 20 nitrogen and oxygen atoms in total. The summed E-state index contributed by atoms with van der Waals surface area (Å²) in [6.45, 7) is 13.1. The third-order valence-electron chi connectivity index (χ3n) is 11.6. The molecule has 22 heteroatoms. The van der Waals surface area contributed by atoms with Gasteiger partial charge in [0.2, 0.25) is 0 Å². The van der Waals surface area contributed by atoms with Crippen LogP contribution < -0.4 is 15.1 Å². The maximum Gasteiger partial charge on any atom is 0.560 e. The molecular weight excluding hydrogens is 877 g/mol. The summed E-state index contributed by atoms with van der Waals surface area (Å²) < 4.78 is 0. The molecule has 2 aromatic rings. The smallest absolute Gasteiger partial charge is 0.371 e. The Morgan fingerprint density at radius 1 is 0.500 bits per heavy atom. The van der Waals surface area contributed by atoms with Crippen LogP contribution in [-0.4, -0.2) is 156 Å². The van der Waals surface area contributed by atoms with Crippen LogP contribution in [0.15, 0.2) is 36.4 Å². The second-order valence-corrected chi connectivity index (χ2v) is 16.9. The van der Waals surface area contributed by atoms with Crippen molar-refractivity contribution in [1.29, 1.82) is 0 Å². The van der Waals surface area contributed by atoms with Crippen molar-refractivity contribution in [2.24, 2.45) is 0 Å². The Morgan fingerprint density at radius 2 is 0.875 bits per heavy atom. The lowest BCUT2D eigenvalue weighted by atomic mass is 10.1. The van der Waals surface area contributed by atoms with Crippen LogP contribution >= 0.6 is 23.2 Å². The van der Waals surface area contributed by atoms with Crippen molar-refractivity contribution in [3.63, 3.8) is 0 Å². The fourth-order valence-corrected chi connectivity index (χ4v) is 8.09. The molecular formula is C42H51Cl2N9O11. The van der Waals surface area contributed by atoms with Gasteiger partial charge in [-0.15, -0.1) is 5.06 Å². The van der Waals surface area contributed by atoms with E-state index in [1.54, 1.807) is 0 Å². The summed E-state index contributed by atoms with van der Waals surface area (Å²) in [5, 5.41) is 6.10. The molecule has 9 rings (SSSR count). The molecule has 7 heterocycles. The number of benzene rings is 2. The van der Waals surface area contributed by atoms with E-state index in [0.717, 1.165) is 62.4 Å². The number of hydrogen-bond acceptors (Lipinski definition) is 16. The molecule has 0 spiro atoms. The molecule has 7 saturated heterocycles. The first-order chi connectivity index (χ1) is 30.8. The van der Waals surface area contributed by atoms with Crippen molar-refractivity contribution >= 4 is 82.3 Å². The summed E-state index contributed by atoms with van der Waals surface area (Å²) >= 11 is 12.3. The summed E-state index contributed by atoms with van der Waals surface area (Å²) in [6, 6.07) is 12.3. The van der Waals surface area contributed by atoms with Gasteiger partial charge in [-0.25, -0.2) is 4.79 Å². The Morgan fingerprint density at radius 3 is 1.25 bits per heavy atom. The molecule has 0 unspecified atom stereocenters. The van der Waals surface area contributed by atoms with E-state index in [1.807, 2.05) is 18.2 Å². The number of piperazine rings is 2. The molecule has 7 aliphatic rings. The van der Waals surface area contributed by atoms with Crippen molar-refractivity contribution in [3.8, 4) is 0 Å². The number of nitrogens with zero attached hydrogens (tertiary/aromatic N) is 8. The first-order valence-electron chi connectivity index (χ1n) is 21.5. The lowest BCUT2D eigenvalue weighted by molar-refractivity contribution is -0.198. The molecule has 2 aromatic carbocycles. The topological polar surface area (TPSA) is 202 Å². The molecule has 0 bridgehead atoms. The molecule has 0 aromatic heterocycles. The molecule has 0 saturated carbocycles. The zero-order valence-electron chi connectivity index (χ0n) is 35.3. The first kappa shape index (κ1) is 46.5. The monoisotopic (exact) mass is 927 g/mol. The van der Waals surface area contributed by atoms with Gasteiger partial charge in [0.05, 0.1) is 0 Å². The fourth-order valence-electron chi connectivity index (χ4n) is 7.76. The Bertz CT molecular complexity index is 2040. The van der Waals surface area contributed by atoms with Gasteiger partial charge in [0.25, 0.3) is 35.4 Å². The number of anilines is 2. The second-order valence-electron chi connectivity index (χ2n) is 16.1. The summed E-state index contributed by atoms with van der Waals surface area (Å²) in [5.41, 5.74) is 5.17. The van der Waals surface area contributed by atoms with Crippen LogP contribution in [0.4, 0.5) is 21.0 Å². The predicted molar refractivity (Wildman–Crippen MR) is 229 cm³/mol. The minimum Gasteiger partial charge on any atom is -0.371 e. The van der Waals surface area contributed by atoms with Crippen LogP contribution in [0.5, 0.6) is 0 Å². The average molecular weight is 929 g/mol. The van der Waals surface area contributed by atoms with E-state index in [2.05, 4.69) is 52.8 Å². The van der Waals surface area contributed by atoms with Crippen LogP contribution in [0.1, 0.15) is 62.5 Å². The van der Waals surface area contributed by atoms with Gasteiger partial charge in [0.15, 0.2) is 0 Å². The fraction of sp³-hybridized carbons (Fsp3) is 0.524. The number of amides is 7. The van der Waals surface area contributed by atoms with Gasteiger partial charge in [-0.3, -0.25) is 48.2 Å². The largest absolute Gasteiger partial charge is 0.560 e. The van der Waals surface area contributed by atoms with Crippen LogP contribution in [0.25, 0.3) is 0 Å². The van der Waals surface area contributed by atoms with E-state index in [0.29, 0.717) is 31.2 Å². The van der Waals surface area contributed by atoms with Gasteiger partial charge in [0.1, 0.15) is 0 Å². The molecule has 64 heavy (non-hydrogen) atoms. The lowest BCUT2D eigenvalue weighted by Crippen LogP contribution is -2.50. The van der Waals surface area contributed by atoms with Crippen molar-refractivity contribution in [2.45, 2.75) is 64.5 Å². The maximum absolute atomic E-state index is 12.3. The normalized spacial score (nSPS) is 20.4. The van der Waals surface area contributed by atoms with E-state index in [9.17, 15) is 38.4 Å². The zero-order chi connectivity index (χ0) is 45.3. The summed E-state index contributed by atoms with van der Waals surface area (Å²) in [5.74, 6) is -3.66. The van der Waals surface area contributed by atoms with Gasteiger partial charge in [-0.1, -0.05) is 45.5 Å². The zero-order valence-corrected chi connectivity index (χ0v) is 36.9. The third-order valence-corrected chi connectivity index (χ3v) is 12.1. The van der Waals surface area contributed by atoms with Gasteiger partial charge >= 0.3 is 12.2 Å². The molecule has 344 valence electrons. The molecule has 7 amide bonds. The van der Waals surface area contributed by atoms with Gasteiger partial charge in [0, 0.05) is 152 Å². The van der Waals surface area contributed by atoms with E-state index in [4.69, 9.17) is 28.0 Å². The average Bonchev–Trinajstić information content (AvgIpc) is 3.86. The number of imide groups is 3. The molecule has 1 N–H and O–H groups in total. The maximum atomic E-state index is 12.3. The number of rotatable bonds is 9. The highest BCUT2D eigenvalue weighted by Gasteiger charge is 2.38. The van der Waals surface area contributed by atoms with Crippen molar-refractivity contribution in [1.82, 2.24) is 35.2 Å². The summed E-state index contributed by atoms with van der Waals surface area (Å²) in [4.78, 5) is 116. The summed E-state index contributed by atoms with van der Waals surface area (Å²) in [6.07, 6.45) is 0.329. The number of carbonyl (C=O) groups excluding carboxylic acids is 8. The molecule has 0 atom stereocenters. The number of hydrogen-bond donors (Lipinski definition) is 1. The van der Waals surface area contributed by atoms with Crippen LogP contribution in [-0.2, 0) is 56.4 Å². The Kier molecular flexibility index (Phi) is 15.6. The molecule has 0 radical (unpaired) electrons. The highest BCUT2D eigenvalue weighted by Crippen LogP contribution is 2.31. The van der Waals surface area contributed by atoms with Crippen molar-refractivity contribution in [2.75, 3.05) is 88.3 Å². The molecule has 0 aliphatic carbocycles. The van der Waals surface area contributed by atoms with E-state index < -0.39 is 47.7 Å². The number of hydroxylamine groups is 6. The predicted octanol–water partition coefficient (Wildman–Crippen LogP) is 3.09. The SMILES string of the molecule is Clc1ccc(CN2CCNCC2)c(N2CCC2)c1.O=C(ON1C(=O)CCC1=O)N1CCN(Cc2ccc(Cl)cc2N2CCC2)CC1.O=C(ON1C(=O)CCC1=O)ON1C(=O)CCC1=O. The third kappa shape index (κ3) is 11.8. The van der Waals surface area contributed by atoms with E-state index in [-0.39, 0.29) is 48.7 Å². The number of carbonyl (C=O) groups is 8. The minimum absolute atomic E-state index is 0.0618.